The van der Waals surface area contributed by atoms with Crippen LogP contribution in [0.1, 0.15) is 13.8 Å². The van der Waals surface area contributed by atoms with Crippen LogP contribution in [0.15, 0.2) is 12.2 Å². The summed E-state index contributed by atoms with van der Waals surface area (Å²) in [4.78, 5) is 21.7. The van der Waals surface area contributed by atoms with Gasteiger partial charge in [-0.1, -0.05) is 13.0 Å². The van der Waals surface area contributed by atoms with Crippen molar-refractivity contribution in [1.29, 1.82) is 0 Å². The quantitative estimate of drug-likeness (QED) is 0.473. The molecule has 1 rings (SSSR count). The van der Waals surface area contributed by atoms with Crippen molar-refractivity contribution in [3.05, 3.63) is 12.2 Å². The van der Waals surface area contributed by atoms with Gasteiger partial charge in [-0.3, -0.25) is 4.79 Å². The van der Waals surface area contributed by atoms with Crippen molar-refractivity contribution in [2.75, 3.05) is 0 Å². The molecule has 0 radical (unpaired) electrons. The van der Waals surface area contributed by atoms with Crippen LogP contribution < -0.4 is 0 Å². The third-order valence-corrected chi connectivity index (χ3v) is 3.32. The predicted molar refractivity (Wildman–Crippen MR) is 52.6 cm³/mol. The fourth-order valence-electron chi connectivity index (χ4n) is 1.89. The summed E-state index contributed by atoms with van der Waals surface area (Å²) in [6.07, 6.45) is 1.92. The Kier molecular flexibility index (Phi) is 2.82. The highest BCUT2D eigenvalue weighted by Gasteiger charge is 2.55. The van der Waals surface area contributed by atoms with Crippen molar-refractivity contribution in [1.82, 2.24) is 0 Å². The molecule has 16 heavy (non-hydrogen) atoms. The molecule has 1 aliphatic carbocycles. The molecule has 4 atom stereocenters. The van der Waals surface area contributed by atoms with Crippen LogP contribution in [-0.2, 0) is 9.59 Å². The average molecular weight is 230 g/mol. The number of hydrogen-bond donors (Lipinski definition) is 4. The number of aliphatic hydroxyl groups is 2. The summed E-state index contributed by atoms with van der Waals surface area (Å²) in [5.41, 5.74) is -4.07. The first-order chi connectivity index (χ1) is 7.14. The van der Waals surface area contributed by atoms with E-state index in [2.05, 4.69) is 0 Å². The van der Waals surface area contributed by atoms with E-state index in [-0.39, 0.29) is 0 Å². The Morgan fingerprint density at radius 3 is 2.12 bits per heavy atom. The Labute approximate surface area is 91.8 Å². The Morgan fingerprint density at radius 1 is 1.25 bits per heavy atom. The zero-order valence-corrected chi connectivity index (χ0v) is 8.91. The Morgan fingerprint density at radius 2 is 1.75 bits per heavy atom. The van der Waals surface area contributed by atoms with Gasteiger partial charge in [0.2, 0.25) is 0 Å². The van der Waals surface area contributed by atoms with Gasteiger partial charge in [-0.25, -0.2) is 4.79 Å². The highest BCUT2D eigenvalue weighted by molar-refractivity contribution is 5.83. The summed E-state index contributed by atoms with van der Waals surface area (Å²) in [6.45, 7) is 2.50. The van der Waals surface area contributed by atoms with Crippen LogP contribution in [-0.4, -0.2) is 43.6 Å². The Balaban J connectivity index is 3.25. The van der Waals surface area contributed by atoms with Crippen LogP contribution in [0.4, 0.5) is 0 Å². The van der Waals surface area contributed by atoms with E-state index >= 15 is 0 Å². The minimum absolute atomic E-state index is 0.913. The van der Waals surface area contributed by atoms with E-state index in [4.69, 9.17) is 10.2 Å². The standard InChI is InChI=1S/C10H14O6/c1-5-9(2,15)6(7(11)12)3-4-10(5,16)8(13)14/h3-6,15-16H,1-2H3,(H,11,12)(H,13,14). The normalized spacial score (nSPS) is 43.0. The van der Waals surface area contributed by atoms with E-state index in [9.17, 15) is 19.8 Å². The molecule has 0 aliphatic heterocycles. The molecule has 0 bridgehead atoms. The van der Waals surface area contributed by atoms with Crippen LogP contribution in [0, 0.1) is 11.8 Å². The third-order valence-electron chi connectivity index (χ3n) is 3.32. The maximum Gasteiger partial charge on any atom is 0.340 e. The minimum Gasteiger partial charge on any atom is -0.481 e. The molecule has 0 aromatic carbocycles. The van der Waals surface area contributed by atoms with Crippen molar-refractivity contribution in [3.63, 3.8) is 0 Å². The molecule has 6 heteroatoms. The van der Waals surface area contributed by atoms with Gasteiger partial charge in [0.25, 0.3) is 0 Å². The van der Waals surface area contributed by atoms with Crippen LogP contribution in [0.3, 0.4) is 0 Å². The summed E-state index contributed by atoms with van der Waals surface area (Å²) in [7, 11) is 0. The molecule has 0 aromatic heterocycles. The van der Waals surface area contributed by atoms with Crippen LogP contribution in [0.5, 0.6) is 0 Å². The van der Waals surface area contributed by atoms with Gasteiger partial charge in [-0.15, -0.1) is 0 Å². The maximum atomic E-state index is 10.9. The fourth-order valence-corrected chi connectivity index (χ4v) is 1.89. The molecule has 0 fully saturated rings. The molecule has 90 valence electrons. The fraction of sp³-hybridized carbons (Fsp3) is 0.600. The van der Waals surface area contributed by atoms with Gasteiger partial charge < -0.3 is 20.4 Å². The lowest BCUT2D eigenvalue weighted by molar-refractivity contribution is -0.180. The molecule has 6 nitrogen and oxygen atoms in total. The molecule has 0 heterocycles. The van der Waals surface area contributed by atoms with Gasteiger partial charge in [0.1, 0.15) is 5.92 Å². The topological polar surface area (TPSA) is 115 Å². The Hall–Kier alpha value is -1.40. The van der Waals surface area contributed by atoms with Crippen molar-refractivity contribution >= 4 is 11.9 Å². The van der Waals surface area contributed by atoms with E-state index < -0.39 is 35.0 Å². The van der Waals surface area contributed by atoms with Crippen molar-refractivity contribution in [2.24, 2.45) is 11.8 Å². The van der Waals surface area contributed by atoms with Gasteiger partial charge in [0.05, 0.1) is 5.60 Å². The molecule has 0 amide bonds. The van der Waals surface area contributed by atoms with Crippen molar-refractivity contribution in [2.45, 2.75) is 25.0 Å². The van der Waals surface area contributed by atoms with Gasteiger partial charge in [0.15, 0.2) is 5.60 Å². The van der Waals surface area contributed by atoms with Gasteiger partial charge >= 0.3 is 11.9 Å². The van der Waals surface area contributed by atoms with Crippen molar-refractivity contribution < 1.29 is 30.0 Å². The van der Waals surface area contributed by atoms with E-state index in [0.717, 1.165) is 12.2 Å². The molecule has 1 aliphatic rings. The van der Waals surface area contributed by atoms with E-state index in [1.165, 1.54) is 13.8 Å². The highest BCUT2D eigenvalue weighted by atomic mass is 16.4. The second kappa shape index (κ2) is 3.57. The van der Waals surface area contributed by atoms with Gasteiger partial charge in [0, 0.05) is 5.92 Å². The Bertz CT molecular complexity index is 358. The number of hydrogen-bond acceptors (Lipinski definition) is 4. The summed E-state index contributed by atoms with van der Waals surface area (Å²) < 4.78 is 0. The van der Waals surface area contributed by atoms with E-state index in [1.807, 2.05) is 0 Å². The van der Waals surface area contributed by atoms with E-state index in [1.54, 1.807) is 0 Å². The lowest BCUT2D eigenvalue weighted by Crippen LogP contribution is -2.59. The first kappa shape index (κ1) is 12.7. The zero-order chi connectivity index (χ0) is 12.7. The predicted octanol–water partition coefficient (Wildman–Crippen LogP) is -0.540. The summed E-state index contributed by atoms with van der Waals surface area (Å²) in [5, 5.41) is 37.5. The summed E-state index contributed by atoms with van der Waals surface area (Å²) >= 11 is 0. The molecule has 0 spiro atoms. The first-order valence-corrected chi connectivity index (χ1v) is 4.74. The first-order valence-electron chi connectivity index (χ1n) is 4.74. The summed E-state index contributed by atoms with van der Waals surface area (Å²) in [5.74, 6) is -5.15. The largest absolute Gasteiger partial charge is 0.481 e. The molecule has 4 N–H and O–H groups in total. The van der Waals surface area contributed by atoms with Crippen LogP contribution in [0.25, 0.3) is 0 Å². The van der Waals surface area contributed by atoms with Crippen LogP contribution in [0.2, 0.25) is 0 Å². The SMILES string of the molecule is CC1C(O)(C(=O)O)C=CC(C(=O)O)C1(C)O. The number of carboxylic acid groups (broad SMARTS) is 2. The number of carbonyl (C=O) groups is 2. The molecule has 4 unspecified atom stereocenters. The third kappa shape index (κ3) is 1.60. The van der Waals surface area contributed by atoms with Gasteiger partial charge in [-0.05, 0) is 13.0 Å². The summed E-state index contributed by atoms with van der Waals surface area (Å²) in [6, 6.07) is 0. The number of carboxylic acids is 2. The van der Waals surface area contributed by atoms with E-state index in [0.29, 0.717) is 0 Å². The monoisotopic (exact) mass is 230 g/mol. The maximum absolute atomic E-state index is 10.9. The molecule has 0 saturated carbocycles. The molecular weight excluding hydrogens is 216 g/mol. The highest BCUT2D eigenvalue weighted by Crippen LogP contribution is 2.40. The van der Waals surface area contributed by atoms with Gasteiger partial charge in [-0.2, -0.15) is 0 Å². The minimum atomic E-state index is -2.24. The van der Waals surface area contributed by atoms with Crippen molar-refractivity contribution in [3.8, 4) is 0 Å². The lowest BCUT2D eigenvalue weighted by Gasteiger charge is -2.43. The second-order valence-electron chi connectivity index (χ2n) is 4.25. The molecular formula is C10H14O6. The average Bonchev–Trinajstić information content (AvgIpc) is 2.13. The number of rotatable bonds is 2. The lowest BCUT2D eigenvalue weighted by atomic mass is 9.66. The molecule has 0 saturated heterocycles. The molecule has 0 aromatic rings. The smallest absolute Gasteiger partial charge is 0.340 e. The number of aliphatic carboxylic acids is 2. The second-order valence-corrected chi connectivity index (χ2v) is 4.25. The van der Waals surface area contributed by atoms with Crippen LogP contribution >= 0.6 is 0 Å². The zero-order valence-electron chi connectivity index (χ0n) is 8.91.